The molecule has 1 rings (SSSR count). The average Bonchev–Trinajstić information content (AvgIpc) is 2.26. The van der Waals surface area contributed by atoms with Gasteiger partial charge in [-0.2, -0.15) is 0 Å². The molecule has 86 valence electrons. The van der Waals surface area contributed by atoms with Crippen LogP contribution in [-0.2, 0) is 4.79 Å². The molecule has 0 bridgehead atoms. The Morgan fingerprint density at radius 1 is 1.50 bits per heavy atom. The van der Waals surface area contributed by atoms with Crippen LogP contribution in [-0.4, -0.2) is 37.3 Å². The van der Waals surface area contributed by atoms with Crippen molar-refractivity contribution in [2.24, 2.45) is 5.73 Å². The lowest BCUT2D eigenvalue weighted by molar-refractivity contribution is -0.130. The monoisotopic (exact) mass is 221 g/mol. The summed E-state index contributed by atoms with van der Waals surface area (Å²) in [6.07, 6.45) is 0. The lowest BCUT2D eigenvalue weighted by atomic mass is 10.2. The van der Waals surface area contributed by atoms with Gasteiger partial charge in [-0.1, -0.05) is 12.1 Å². The molecule has 0 saturated heterocycles. The Morgan fingerprint density at radius 2 is 2.19 bits per heavy atom. The standard InChI is InChI=1S/C11H15N3O2/c1-14(2)10(15)7-16-9-5-3-4-8(6-9)11(12)13/h3-6H,7H2,1-2H3,(H3,12,13). The van der Waals surface area contributed by atoms with Crippen molar-refractivity contribution in [1.29, 1.82) is 5.41 Å². The molecule has 5 heteroatoms. The van der Waals surface area contributed by atoms with Crippen LogP contribution in [0.4, 0.5) is 0 Å². The van der Waals surface area contributed by atoms with E-state index in [4.69, 9.17) is 15.9 Å². The van der Waals surface area contributed by atoms with Crippen LogP contribution >= 0.6 is 0 Å². The van der Waals surface area contributed by atoms with Crippen molar-refractivity contribution in [2.75, 3.05) is 20.7 Å². The Morgan fingerprint density at radius 3 is 2.75 bits per heavy atom. The van der Waals surface area contributed by atoms with Gasteiger partial charge in [-0.25, -0.2) is 0 Å². The molecule has 1 amide bonds. The molecule has 0 aliphatic heterocycles. The third kappa shape index (κ3) is 3.27. The van der Waals surface area contributed by atoms with E-state index in [9.17, 15) is 4.79 Å². The second kappa shape index (κ2) is 5.16. The van der Waals surface area contributed by atoms with Crippen LogP contribution in [0.5, 0.6) is 5.75 Å². The third-order valence-corrected chi connectivity index (χ3v) is 2.01. The molecule has 0 aromatic heterocycles. The van der Waals surface area contributed by atoms with Crippen molar-refractivity contribution in [3.63, 3.8) is 0 Å². The van der Waals surface area contributed by atoms with E-state index in [1.807, 2.05) is 0 Å². The van der Waals surface area contributed by atoms with Crippen molar-refractivity contribution < 1.29 is 9.53 Å². The summed E-state index contributed by atoms with van der Waals surface area (Å²) in [5.74, 6) is 0.389. The second-order valence-electron chi connectivity index (χ2n) is 3.52. The first kappa shape index (κ1) is 12.0. The van der Waals surface area contributed by atoms with E-state index in [0.717, 1.165) is 0 Å². The molecule has 3 N–H and O–H groups in total. The summed E-state index contributed by atoms with van der Waals surface area (Å²) in [6, 6.07) is 6.79. The van der Waals surface area contributed by atoms with Gasteiger partial charge >= 0.3 is 0 Å². The molecule has 0 saturated carbocycles. The van der Waals surface area contributed by atoms with E-state index in [1.54, 1.807) is 38.4 Å². The lowest BCUT2D eigenvalue weighted by Crippen LogP contribution is -2.27. The second-order valence-corrected chi connectivity index (χ2v) is 3.52. The number of benzene rings is 1. The van der Waals surface area contributed by atoms with Crippen molar-refractivity contribution in [3.05, 3.63) is 29.8 Å². The van der Waals surface area contributed by atoms with Gasteiger partial charge in [0.2, 0.25) is 0 Å². The summed E-state index contributed by atoms with van der Waals surface area (Å²) in [5.41, 5.74) is 5.92. The smallest absolute Gasteiger partial charge is 0.259 e. The van der Waals surface area contributed by atoms with Gasteiger partial charge in [0.15, 0.2) is 6.61 Å². The molecule has 0 aliphatic carbocycles. The van der Waals surface area contributed by atoms with Gasteiger partial charge in [0.25, 0.3) is 5.91 Å². The van der Waals surface area contributed by atoms with Crippen molar-refractivity contribution >= 4 is 11.7 Å². The highest BCUT2D eigenvalue weighted by atomic mass is 16.5. The maximum atomic E-state index is 11.3. The molecule has 1 aromatic rings. The van der Waals surface area contributed by atoms with Crippen LogP contribution < -0.4 is 10.5 Å². The molecule has 0 heterocycles. The average molecular weight is 221 g/mol. The van der Waals surface area contributed by atoms with Gasteiger partial charge < -0.3 is 15.4 Å². The third-order valence-electron chi connectivity index (χ3n) is 2.01. The van der Waals surface area contributed by atoms with Crippen molar-refractivity contribution in [1.82, 2.24) is 4.90 Å². The van der Waals surface area contributed by atoms with Crippen LogP contribution in [0.3, 0.4) is 0 Å². The van der Waals surface area contributed by atoms with E-state index in [1.165, 1.54) is 4.90 Å². The zero-order chi connectivity index (χ0) is 12.1. The molecule has 0 fully saturated rings. The summed E-state index contributed by atoms with van der Waals surface area (Å²) < 4.78 is 5.28. The van der Waals surface area contributed by atoms with E-state index < -0.39 is 0 Å². The number of ether oxygens (including phenoxy) is 1. The predicted octanol–water partition coefficient (Wildman–Crippen LogP) is 0.438. The number of hydrogen-bond acceptors (Lipinski definition) is 3. The lowest BCUT2D eigenvalue weighted by Gasteiger charge is -2.11. The number of carbonyl (C=O) groups is 1. The topological polar surface area (TPSA) is 79.4 Å². The largest absolute Gasteiger partial charge is 0.484 e. The minimum atomic E-state index is -0.117. The first-order chi connectivity index (χ1) is 7.50. The van der Waals surface area contributed by atoms with Gasteiger partial charge in [-0.3, -0.25) is 10.2 Å². The highest BCUT2D eigenvalue weighted by Crippen LogP contribution is 2.12. The van der Waals surface area contributed by atoms with Gasteiger partial charge in [0.1, 0.15) is 11.6 Å². The molecule has 0 unspecified atom stereocenters. The highest BCUT2D eigenvalue weighted by molar-refractivity contribution is 5.95. The predicted molar refractivity (Wildman–Crippen MR) is 61.6 cm³/mol. The summed E-state index contributed by atoms with van der Waals surface area (Å²) >= 11 is 0. The molecular weight excluding hydrogens is 206 g/mol. The fourth-order valence-electron chi connectivity index (χ4n) is 1.03. The van der Waals surface area contributed by atoms with Gasteiger partial charge in [0.05, 0.1) is 0 Å². The Labute approximate surface area is 94.3 Å². The number of nitrogens with zero attached hydrogens (tertiary/aromatic N) is 1. The fraction of sp³-hybridized carbons (Fsp3) is 0.273. The van der Waals surface area contributed by atoms with E-state index in [-0.39, 0.29) is 18.3 Å². The molecule has 0 spiro atoms. The van der Waals surface area contributed by atoms with Crippen molar-refractivity contribution in [3.8, 4) is 5.75 Å². The fourth-order valence-corrected chi connectivity index (χ4v) is 1.03. The first-order valence-electron chi connectivity index (χ1n) is 4.78. The Balaban J connectivity index is 2.64. The summed E-state index contributed by atoms with van der Waals surface area (Å²) in [4.78, 5) is 12.7. The minimum absolute atomic E-state index is 0.0195. The number of amides is 1. The Bertz CT molecular complexity index is 402. The van der Waals surface area contributed by atoms with Crippen LogP contribution in [0.1, 0.15) is 5.56 Å². The van der Waals surface area contributed by atoms with Crippen LogP contribution in [0.2, 0.25) is 0 Å². The number of nitrogens with two attached hydrogens (primary N) is 1. The van der Waals surface area contributed by atoms with Crippen LogP contribution in [0.15, 0.2) is 24.3 Å². The number of nitrogens with one attached hydrogen (secondary N) is 1. The number of carbonyl (C=O) groups excluding carboxylic acids is 1. The minimum Gasteiger partial charge on any atom is -0.484 e. The van der Waals surface area contributed by atoms with E-state index in [2.05, 4.69) is 0 Å². The van der Waals surface area contributed by atoms with Gasteiger partial charge in [-0.05, 0) is 12.1 Å². The molecule has 5 nitrogen and oxygen atoms in total. The summed E-state index contributed by atoms with van der Waals surface area (Å²) in [7, 11) is 3.33. The zero-order valence-electron chi connectivity index (χ0n) is 9.36. The van der Waals surface area contributed by atoms with E-state index in [0.29, 0.717) is 11.3 Å². The maximum absolute atomic E-state index is 11.3. The number of nitrogen functional groups attached to an aromatic ring is 1. The molecule has 16 heavy (non-hydrogen) atoms. The molecule has 0 radical (unpaired) electrons. The van der Waals surface area contributed by atoms with Crippen molar-refractivity contribution in [2.45, 2.75) is 0 Å². The number of hydrogen-bond donors (Lipinski definition) is 2. The molecule has 0 aliphatic rings. The normalized spacial score (nSPS) is 9.62. The molecule has 1 aromatic carbocycles. The van der Waals surface area contributed by atoms with Gasteiger partial charge in [0, 0.05) is 19.7 Å². The highest BCUT2D eigenvalue weighted by Gasteiger charge is 2.05. The maximum Gasteiger partial charge on any atom is 0.259 e. The van der Waals surface area contributed by atoms with Gasteiger partial charge in [-0.15, -0.1) is 0 Å². The summed E-state index contributed by atoms with van der Waals surface area (Å²) in [6.45, 7) is -0.0195. The molecular formula is C11H15N3O2. The zero-order valence-corrected chi connectivity index (χ0v) is 9.36. The number of amidine groups is 1. The number of rotatable bonds is 4. The summed E-state index contributed by atoms with van der Waals surface area (Å²) in [5, 5.41) is 7.26. The van der Waals surface area contributed by atoms with Crippen LogP contribution in [0, 0.1) is 5.41 Å². The Kier molecular flexibility index (Phi) is 3.88. The molecule has 0 atom stereocenters. The van der Waals surface area contributed by atoms with E-state index >= 15 is 0 Å². The quantitative estimate of drug-likeness (QED) is 0.572. The van der Waals surface area contributed by atoms with Crippen LogP contribution in [0.25, 0.3) is 0 Å². The SMILES string of the molecule is CN(C)C(=O)COc1cccc(C(=N)N)c1. The number of likely N-dealkylation sites (N-methyl/N-ethyl adjacent to an activating group) is 1. The first-order valence-corrected chi connectivity index (χ1v) is 4.78. The Hall–Kier alpha value is -2.04.